The predicted molar refractivity (Wildman–Crippen MR) is 77.1 cm³/mol. The van der Waals surface area contributed by atoms with Crippen molar-refractivity contribution in [2.45, 2.75) is 41.5 Å². The van der Waals surface area contributed by atoms with E-state index in [0.717, 1.165) is 18.4 Å². The fraction of sp³-hybridized carbons (Fsp3) is 1.00. The highest BCUT2D eigenvalue weighted by atomic mass is 79.9. The maximum atomic E-state index is 3.15. The predicted octanol–water partition coefficient (Wildman–Crippen LogP) is 3.37. The van der Waals surface area contributed by atoms with Crippen LogP contribution < -0.4 is 5.32 Å². The van der Waals surface area contributed by atoms with Gasteiger partial charge < -0.3 is 10.2 Å². The standard InChI is InChI=1S/C6H15N.C4H11N.C2H5Br/c1-4-7(5-2)6-3;1-3-5-4-2;1-2-3/h4-6H2,1-3H3;5H,3-4H2,1-2H3;2H2,1H3. The average Bonchev–Trinajstić information content (AvgIpc) is 2.24. The summed E-state index contributed by atoms with van der Waals surface area (Å²) in [5.41, 5.74) is 0. The molecule has 2 nitrogen and oxygen atoms in total. The van der Waals surface area contributed by atoms with Gasteiger partial charge in [0.05, 0.1) is 0 Å². The fourth-order valence-corrected chi connectivity index (χ4v) is 0.921. The summed E-state index contributed by atoms with van der Waals surface area (Å²) in [5.74, 6) is 0. The van der Waals surface area contributed by atoms with Gasteiger partial charge in [-0.1, -0.05) is 57.5 Å². The Balaban J connectivity index is -0.000000158. The molecule has 0 aliphatic carbocycles. The second kappa shape index (κ2) is 23.9. The summed E-state index contributed by atoms with van der Waals surface area (Å²) >= 11 is 3.15. The van der Waals surface area contributed by atoms with E-state index in [2.05, 4.69) is 60.8 Å². The van der Waals surface area contributed by atoms with Crippen LogP contribution in [0.5, 0.6) is 0 Å². The number of nitrogens with one attached hydrogen (secondary N) is 1. The first-order valence-electron chi connectivity index (χ1n) is 6.17. The SMILES string of the molecule is CCBr.CCN(CC)CC.CCNCC. The molecule has 0 saturated heterocycles. The lowest BCUT2D eigenvalue weighted by Crippen LogP contribution is -2.21. The Kier molecular flexibility index (Phi) is 33.1. The van der Waals surface area contributed by atoms with Gasteiger partial charge in [-0.15, -0.1) is 0 Å². The first kappa shape index (κ1) is 20.8. The van der Waals surface area contributed by atoms with Gasteiger partial charge in [-0.2, -0.15) is 0 Å². The molecule has 0 fully saturated rings. The topological polar surface area (TPSA) is 15.3 Å². The maximum absolute atomic E-state index is 3.15. The molecule has 0 saturated carbocycles. The summed E-state index contributed by atoms with van der Waals surface area (Å²) < 4.78 is 0. The molecule has 15 heavy (non-hydrogen) atoms. The van der Waals surface area contributed by atoms with Crippen molar-refractivity contribution in [1.29, 1.82) is 0 Å². The van der Waals surface area contributed by atoms with Crippen molar-refractivity contribution in [1.82, 2.24) is 10.2 Å². The van der Waals surface area contributed by atoms with Crippen molar-refractivity contribution in [2.24, 2.45) is 0 Å². The Hall–Kier alpha value is 0.400. The summed E-state index contributed by atoms with van der Waals surface area (Å²) in [6, 6.07) is 0. The number of hydrogen-bond donors (Lipinski definition) is 1. The van der Waals surface area contributed by atoms with E-state index in [-0.39, 0.29) is 0 Å². The number of nitrogens with zero attached hydrogens (tertiary/aromatic N) is 1. The summed E-state index contributed by atoms with van der Waals surface area (Å²) in [4.78, 5) is 2.38. The third kappa shape index (κ3) is 31.4. The molecule has 0 bridgehead atoms. The third-order valence-corrected chi connectivity index (χ3v) is 1.84. The summed E-state index contributed by atoms with van der Waals surface area (Å²) in [5, 5.41) is 4.17. The van der Waals surface area contributed by atoms with Crippen molar-refractivity contribution in [3.05, 3.63) is 0 Å². The zero-order valence-electron chi connectivity index (χ0n) is 11.6. The van der Waals surface area contributed by atoms with Gasteiger partial charge in [0.1, 0.15) is 0 Å². The quantitative estimate of drug-likeness (QED) is 0.778. The Morgan fingerprint density at radius 1 is 0.800 bits per heavy atom. The van der Waals surface area contributed by atoms with Crippen molar-refractivity contribution in [2.75, 3.05) is 38.1 Å². The third-order valence-electron chi connectivity index (χ3n) is 1.84. The van der Waals surface area contributed by atoms with Crippen LogP contribution in [0.4, 0.5) is 0 Å². The maximum Gasteiger partial charge on any atom is 0.000281 e. The molecule has 0 aromatic carbocycles. The largest absolute Gasteiger partial charge is 0.317 e. The van der Waals surface area contributed by atoms with E-state index in [1.165, 1.54) is 19.6 Å². The number of alkyl halides is 1. The molecule has 0 amide bonds. The number of hydrogen-bond acceptors (Lipinski definition) is 2. The molecular weight excluding hydrogens is 252 g/mol. The molecule has 0 aromatic heterocycles. The molecule has 0 aromatic rings. The van der Waals surface area contributed by atoms with Crippen molar-refractivity contribution >= 4 is 15.9 Å². The molecule has 0 radical (unpaired) electrons. The minimum atomic E-state index is 1.06. The van der Waals surface area contributed by atoms with Gasteiger partial charge in [0.25, 0.3) is 0 Å². The molecule has 0 rings (SSSR count). The van der Waals surface area contributed by atoms with Crippen molar-refractivity contribution in [3.8, 4) is 0 Å². The lowest BCUT2D eigenvalue weighted by molar-refractivity contribution is 0.321. The summed E-state index contributed by atoms with van der Waals surface area (Å²) in [6.07, 6.45) is 0. The Bertz CT molecular complexity index is 68.5. The van der Waals surface area contributed by atoms with E-state index in [0.29, 0.717) is 0 Å². The summed E-state index contributed by atoms with van der Waals surface area (Å²) in [6.45, 7) is 18.6. The minimum Gasteiger partial charge on any atom is -0.317 e. The number of halogens is 1. The molecular formula is C12H31BrN2. The van der Waals surface area contributed by atoms with Crippen molar-refractivity contribution in [3.63, 3.8) is 0 Å². The summed E-state index contributed by atoms with van der Waals surface area (Å²) in [7, 11) is 0. The lowest BCUT2D eigenvalue weighted by atomic mass is 10.5. The van der Waals surface area contributed by atoms with E-state index >= 15 is 0 Å². The Morgan fingerprint density at radius 2 is 1.07 bits per heavy atom. The molecule has 96 valence electrons. The highest BCUT2D eigenvalue weighted by Gasteiger charge is 1.89. The van der Waals surface area contributed by atoms with Gasteiger partial charge in [0.2, 0.25) is 0 Å². The smallest absolute Gasteiger partial charge is 0.000281 e. The van der Waals surface area contributed by atoms with Gasteiger partial charge in [-0.05, 0) is 32.7 Å². The van der Waals surface area contributed by atoms with Crippen LogP contribution >= 0.6 is 15.9 Å². The van der Waals surface area contributed by atoms with Gasteiger partial charge in [0, 0.05) is 5.33 Å². The van der Waals surface area contributed by atoms with Crippen LogP contribution in [-0.2, 0) is 0 Å². The van der Waals surface area contributed by atoms with Gasteiger partial charge in [0.15, 0.2) is 0 Å². The van der Waals surface area contributed by atoms with Crippen LogP contribution in [0.15, 0.2) is 0 Å². The molecule has 0 unspecified atom stereocenters. The highest BCUT2D eigenvalue weighted by Crippen LogP contribution is 1.81. The average molecular weight is 283 g/mol. The van der Waals surface area contributed by atoms with Crippen LogP contribution in [-0.4, -0.2) is 43.0 Å². The van der Waals surface area contributed by atoms with Crippen LogP contribution in [0, 0.1) is 0 Å². The zero-order valence-corrected chi connectivity index (χ0v) is 13.2. The van der Waals surface area contributed by atoms with Gasteiger partial charge >= 0.3 is 0 Å². The Labute approximate surface area is 106 Å². The fourth-order valence-electron chi connectivity index (χ4n) is 0.921. The minimum absolute atomic E-state index is 1.06. The highest BCUT2D eigenvalue weighted by molar-refractivity contribution is 9.09. The molecule has 0 spiro atoms. The molecule has 0 aliphatic heterocycles. The van der Waals surface area contributed by atoms with E-state index in [1.807, 2.05) is 6.92 Å². The van der Waals surface area contributed by atoms with E-state index < -0.39 is 0 Å². The molecule has 0 atom stereocenters. The second-order valence-corrected chi connectivity index (χ2v) is 3.97. The van der Waals surface area contributed by atoms with E-state index in [4.69, 9.17) is 0 Å². The lowest BCUT2D eigenvalue weighted by Gasteiger charge is -2.13. The van der Waals surface area contributed by atoms with Crippen LogP contribution in [0.1, 0.15) is 41.5 Å². The molecule has 3 heteroatoms. The Morgan fingerprint density at radius 3 is 1.07 bits per heavy atom. The number of rotatable bonds is 5. The normalized spacial score (nSPS) is 8.80. The van der Waals surface area contributed by atoms with Crippen LogP contribution in [0.25, 0.3) is 0 Å². The first-order chi connectivity index (χ1) is 7.17. The van der Waals surface area contributed by atoms with E-state index in [1.54, 1.807) is 0 Å². The zero-order chi connectivity index (χ0) is 12.5. The van der Waals surface area contributed by atoms with Crippen LogP contribution in [0.3, 0.4) is 0 Å². The van der Waals surface area contributed by atoms with E-state index in [9.17, 15) is 0 Å². The molecule has 0 aliphatic rings. The van der Waals surface area contributed by atoms with Gasteiger partial charge in [-0.3, -0.25) is 0 Å². The van der Waals surface area contributed by atoms with Crippen LogP contribution in [0.2, 0.25) is 0 Å². The second-order valence-electron chi connectivity index (χ2n) is 2.84. The van der Waals surface area contributed by atoms with Crippen molar-refractivity contribution < 1.29 is 0 Å². The first-order valence-corrected chi connectivity index (χ1v) is 7.29. The van der Waals surface area contributed by atoms with Gasteiger partial charge in [-0.25, -0.2) is 0 Å². The molecule has 1 N–H and O–H groups in total. The molecule has 0 heterocycles. The monoisotopic (exact) mass is 282 g/mol.